The molecule has 194 valence electrons. The molecule has 0 aliphatic rings. The Morgan fingerprint density at radius 2 is 2.00 bits per heavy atom. The summed E-state index contributed by atoms with van der Waals surface area (Å²) in [6.07, 6.45) is 4.68. The predicted octanol–water partition coefficient (Wildman–Crippen LogP) is 6.74. The number of carboxylic acid groups (broad SMARTS) is 1. The molecule has 1 aromatic carbocycles. The highest BCUT2D eigenvalue weighted by Crippen LogP contribution is 2.32. The fourth-order valence-corrected chi connectivity index (χ4v) is 4.53. The van der Waals surface area contributed by atoms with Crippen LogP contribution in [-0.4, -0.2) is 37.8 Å². The van der Waals surface area contributed by atoms with Crippen molar-refractivity contribution in [1.82, 2.24) is 14.5 Å². The summed E-state index contributed by atoms with van der Waals surface area (Å²) in [5, 5.41) is 13.2. The van der Waals surface area contributed by atoms with Gasteiger partial charge in [-0.3, -0.25) is 9.69 Å². The van der Waals surface area contributed by atoms with Crippen LogP contribution >= 0.6 is 11.3 Å². The molecule has 0 unspecified atom stereocenters. The highest BCUT2D eigenvalue weighted by atomic mass is 32.1. The first-order chi connectivity index (χ1) is 17.0. The van der Waals surface area contributed by atoms with Gasteiger partial charge in [-0.25, -0.2) is 9.78 Å². The molecule has 0 spiro atoms. The molecule has 0 saturated carbocycles. The van der Waals surface area contributed by atoms with E-state index in [1.165, 1.54) is 16.2 Å². The SMILES string of the molecule is CCCCOc1c(CN(C(=O)O)C(C)(C)C)n(CC(C)C)c(=O)c2ccc(/C=C/c3cscn3)cc12. The van der Waals surface area contributed by atoms with Crippen molar-refractivity contribution in [1.29, 1.82) is 0 Å². The van der Waals surface area contributed by atoms with E-state index < -0.39 is 11.6 Å². The van der Waals surface area contributed by atoms with Crippen molar-refractivity contribution in [2.45, 2.75) is 73.0 Å². The molecule has 1 N–H and O–H groups in total. The van der Waals surface area contributed by atoms with Crippen LogP contribution in [0.2, 0.25) is 0 Å². The van der Waals surface area contributed by atoms with Gasteiger partial charge >= 0.3 is 6.09 Å². The van der Waals surface area contributed by atoms with E-state index in [1.54, 1.807) is 10.1 Å². The average molecular weight is 512 g/mol. The van der Waals surface area contributed by atoms with Crippen molar-refractivity contribution >= 4 is 40.4 Å². The summed E-state index contributed by atoms with van der Waals surface area (Å²) in [4.78, 5) is 31.6. The topological polar surface area (TPSA) is 84.7 Å². The maximum atomic E-state index is 13.7. The molecule has 3 aromatic rings. The molecule has 1 amide bonds. The van der Waals surface area contributed by atoms with Crippen LogP contribution in [0.3, 0.4) is 0 Å². The fraction of sp³-hybridized carbons (Fsp3) is 0.464. The van der Waals surface area contributed by atoms with Gasteiger partial charge < -0.3 is 14.4 Å². The van der Waals surface area contributed by atoms with Crippen LogP contribution in [0.25, 0.3) is 22.9 Å². The third-order valence-corrected chi connectivity index (χ3v) is 6.49. The number of hydrogen-bond acceptors (Lipinski definition) is 5. The third-order valence-electron chi connectivity index (χ3n) is 5.89. The highest BCUT2D eigenvalue weighted by molar-refractivity contribution is 7.07. The largest absolute Gasteiger partial charge is 0.491 e. The Hall–Kier alpha value is -3.13. The number of carbonyl (C=O) groups is 1. The van der Waals surface area contributed by atoms with Crippen LogP contribution in [0.1, 0.15) is 71.3 Å². The minimum absolute atomic E-state index is 0.0527. The van der Waals surface area contributed by atoms with E-state index >= 15 is 0 Å². The zero-order chi connectivity index (χ0) is 26.5. The molecule has 7 nitrogen and oxygen atoms in total. The van der Waals surface area contributed by atoms with E-state index in [-0.39, 0.29) is 18.0 Å². The van der Waals surface area contributed by atoms with Crippen LogP contribution in [0.5, 0.6) is 5.75 Å². The standard InChI is InChI=1S/C28H37N3O4S/c1-7-8-13-35-25-23-14-20(9-11-21-17-36-18-29-21)10-12-22(23)26(32)30(15-19(2)3)24(25)16-31(27(33)34)28(4,5)6/h9-12,14,17-19H,7-8,13,15-16H2,1-6H3,(H,33,34)/b11-9+. The monoisotopic (exact) mass is 511 g/mol. The number of hydrogen-bond donors (Lipinski definition) is 1. The Kier molecular flexibility index (Phi) is 8.95. The second-order valence-corrected chi connectivity index (χ2v) is 11.1. The fourth-order valence-electron chi connectivity index (χ4n) is 4.01. The van der Waals surface area contributed by atoms with Crippen molar-refractivity contribution < 1.29 is 14.6 Å². The van der Waals surface area contributed by atoms with Gasteiger partial charge in [-0.1, -0.05) is 39.3 Å². The average Bonchev–Trinajstić information content (AvgIpc) is 3.32. The number of rotatable bonds is 10. The van der Waals surface area contributed by atoms with Gasteiger partial charge in [0, 0.05) is 22.8 Å². The van der Waals surface area contributed by atoms with E-state index in [9.17, 15) is 14.7 Å². The Balaban J connectivity index is 2.27. The van der Waals surface area contributed by atoms with E-state index in [2.05, 4.69) is 11.9 Å². The van der Waals surface area contributed by atoms with Gasteiger partial charge in [0.25, 0.3) is 5.56 Å². The molecule has 2 aromatic heterocycles. The summed E-state index contributed by atoms with van der Waals surface area (Å²) in [5.74, 6) is 0.772. The van der Waals surface area contributed by atoms with Gasteiger partial charge in [0.2, 0.25) is 0 Å². The number of thiazole rings is 1. The van der Waals surface area contributed by atoms with Crippen molar-refractivity contribution in [3.63, 3.8) is 0 Å². The van der Waals surface area contributed by atoms with Crippen molar-refractivity contribution in [3.8, 4) is 5.75 Å². The lowest BCUT2D eigenvalue weighted by Gasteiger charge is -2.34. The normalized spacial score (nSPS) is 12.1. The molecule has 0 aliphatic heterocycles. The molecule has 0 bridgehead atoms. The van der Waals surface area contributed by atoms with E-state index in [1.807, 2.05) is 70.3 Å². The number of pyridine rings is 1. The maximum absolute atomic E-state index is 13.7. The maximum Gasteiger partial charge on any atom is 0.408 e. The summed E-state index contributed by atoms with van der Waals surface area (Å²) in [6, 6.07) is 5.71. The summed E-state index contributed by atoms with van der Waals surface area (Å²) < 4.78 is 8.06. The van der Waals surface area contributed by atoms with Crippen LogP contribution in [0, 0.1) is 5.92 Å². The number of ether oxygens (including phenoxy) is 1. The first kappa shape index (κ1) is 27.5. The van der Waals surface area contributed by atoms with Gasteiger partial charge in [-0.15, -0.1) is 11.3 Å². The Morgan fingerprint density at radius 3 is 2.58 bits per heavy atom. The third kappa shape index (κ3) is 6.55. The number of amides is 1. The molecule has 0 aliphatic carbocycles. The van der Waals surface area contributed by atoms with Gasteiger partial charge in [-0.05, 0) is 56.9 Å². The quantitative estimate of drug-likeness (QED) is 0.305. The molecular formula is C28H37N3O4S. The zero-order valence-electron chi connectivity index (χ0n) is 22.1. The van der Waals surface area contributed by atoms with Gasteiger partial charge in [0.15, 0.2) is 0 Å². The molecule has 3 rings (SSSR count). The second kappa shape index (κ2) is 11.7. The molecule has 36 heavy (non-hydrogen) atoms. The van der Waals surface area contributed by atoms with Gasteiger partial charge in [0.1, 0.15) is 5.75 Å². The molecule has 0 atom stereocenters. The Labute approximate surface area is 217 Å². The molecule has 2 heterocycles. The van der Waals surface area contributed by atoms with Crippen molar-refractivity contribution in [2.24, 2.45) is 5.92 Å². The Bertz CT molecular complexity index is 1270. The summed E-state index contributed by atoms with van der Waals surface area (Å²) in [7, 11) is 0. The van der Waals surface area contributed by atoms with Gasteiger partial charge in [0.05, 0.1) is 35.4 Å². The number of aromatic nitrogens is 2. The lowest BCUT2D eigenvalue weighted by Crippen LogP contribution is -2.45. The van der Waals surface area contributed by atoms with Crippen LogP contribution in [0.15, 0.2) is 33.9 Å². The van der Waals surface area contributed by atoms with Crippen molar-refractivity contribution in [3.05, 3.63) is 56.4 Å². The molecule has 0 saturated heterocycles. The molecule has 8 heteroatoms. The second-order valence-electron chi connectivity index (χ2n) is 10.4. The Morgan fingerprint density at radius 1 is 1.25 bits per heavy atom. The minimum atomic E-state index is -1.04. The molecular weight excluding hydrogens is 474 g/mol. The van der Waals surface area contributed by atoms with Crippen LogP contribution < -0.4 is 10.3 Å². The van der Waals surface area contributed by atoms with Crippen molar-refractivity contribution in [2.75, 3.05) is 6.61 Å². The van der Waals surface area contributed by atoms with Gasteiger partial charge in [-0.2, -0.15) is 0 Å². The zero-order valence-corrected chi connectivity index (χ0v) is 22.9. The van der Waals surface area contributed by atoms with Crippen LogP contribution in [0.4, 0.5) is 4.79 Å². The first-order valence-corrected chi connectivity index (χ1v) is 13.4. The summed E-state index contributed by atoms with van der Waals surface area (Å²) in [6.45, 7) is 12.7. The lowest BCUT2D eigenvalue weighted by molar-refractivity contribution is 0.0927. The highest BCUT2D eigenvalue weighted by Gasteiger charge is 2.30. The number of fused-ring (bicyclic) bond motifs is 1. The summed E-state index contributed by atoms with van der Waals surface area (Å²) in [5.41, 5.74) is 3.37. The summed E-state index contributed by atoms with van der Waals surface area (Å²) >= 11 is 1.53. The number of benzene rings is 1. The van der Waals surface area contributed by atoms with E-state index in [0.29, 0.717) is 35.4 Å². The number of unbranched alkanes of at least 4 members (excludes halogenated alkanes) is 1. The van der Waals surface area contributed by atoms with Crippen LogP contribution in [-0.2, 0) is 13.1 Å². The van der Waals surface area contributed by atoms with E-state index in [4.69, 9.17) is 4.74 Å². The number of nitrogens with zero attached hydrogens (tertiary/aromatic N) is 3. The lowest BCUT2D eigenvalue weighted by atomic mass is 10.0. The smallest absolute Gasteiger partial charge is 0.408 e. The molecule has 0 fully saturated rings. The predicted molar refractivity (Wildman–Crippen MR) is 148 cm³/mol. The molecule has 0 radical (unpaired) electrons. The minimum Gasteiger partial charge on any atom is -0.491 e. The van der Waals surface area contributed by atoms with E-state index in [0.717, 1.165) is 24.1 Å². The first-order valence-electron chi connectivity index (χ1n) is 12.4.